The number of H-pyrrole nitrogens is 1. The Kier molecular flexibility index (Phi) is 7.75. The van der Waals surface area contributed by atoms with Crippen molar-refractivity contribution in [2.24, 2.45) is 5.11 Å². The molecule has 2 heterocycles. The van der Waals surface area contributed by atoms with E-state index in [0.717, 1.165) is 0 Å². The average molecular weight is 432 g/mol. The molecule has 2 rings (SSSR count). The third kappa shape index (κ3) is 4.72. The molecule has 1 aliphatic heterocycles. The van der Waals surface area contributed by atoms with Crippen LogP contribution in [0.25, 0.3) is 10.4 Å². The maximum atomic E-state index is 12.2. The molecule has 1 aliphatic rings. The summed E-state index contributed by atoms with van der Waals surface area (Å²) in [6.07, 6.45) is 1.30. The van der Waals surface area contributed by atoms with Gasteiger partial charge in [0.1, 0.15) is 14.3 Å². The minimum Gasteiger partial charge on any atom is -0.353 e. The molecule has 30 heavy (non-hydrogen) atoms. The van der Waals surface area contributed by atoms with Gasteiger partial charge >= 0.3 is 5.69 Å². The van der Waals surface area contributed by atoms with Crippen molar-refractivity contribution < 1.29 is 4.74 Å². The van der Waals surface area contributed by atoms with Gasteiger partial charge in [-0.1, -0.05) is 46.7 Å². The van der Waals surface area contributed by atoms with Gasteiger partial charge in [0.25, 0.3) is 5.56 Å². The summed E-state index contributed by atoms with van der Waals surface area (Å²) >= 11 is 0. The minimum absolute atomic E-state index is 0.364. The Morgan fingerprint density at radius 2 is 1.87 bits per heavy atom. The fourth-order valence-corrected chi connectivity index (χ4v) is 10.1. The van der Waals surface area contributed by atoms with Gasteiger partial charge in [0.05, 0.1) is 12.1 Å². The lowest BCUT2D eigenvalue weighted by Crippen LogP contribution is -2.43. The van der Waals surface area contributed by atoms with Crippen molar-refractivity contribution in [3.05, 3.63) is 43.0 Å². The highest BCUT2D eigenvalue weighted by atomic mass is 28.3. The van der Waals surface area contributed by atoms with Crippen LogP contribution in [0.1, 0.15) is 66.2 Å². The molecule has 0 amide bonds. The number of hydrogen-bond acceptors (Lipinski definition) is 4. The third-order valence-electron chi connectivity index (χ3n) is 6.33. The van der Waals surface area contributed by atoms with Crippen molar-refractivity contribution in [1.82, 2.24) is 9.55 Å². The first-order chi connectivity index (χ1) is 14.0. The van der Waals surface area contributed by atoms with Crippen LogP contribution in [0, 0.1) is 18.4 Å². The van der Waals surface area contributed by atoms with Crippen LogP contribution in [0.3, 0.4) is 0 Å². The third-order valence-corrected chi connectivity index (χ3v) is 12.7. The summed E-state index contributed by atoms with van der Waals surface area (Å²) in [5, 5.41) is 3.88. The molecule has 3 atom stereocenters. The fourth-order valence-electron chi connectivity index (χ4n) is 4.80. The van der Waals surface area contributed by atoms with E-state index in [1.807, 2.05) is 0 Å². The molecule has 0 spiro atoms. The molecule has 0 bridgehead atoms. The molecule has 9 heteroatoms. The maximum absolute atomic E-state index is 12.2. The highest BCUT2D eigenvalue weighted by Gasteiger charge is 2.42. The smallest absolute Gasteiger partial charge is 0.330 e. The molecular weight excluding hydrogens is 398 g/mol. The van der Waals surface area contributed by atoms with Gasteiger partial charge in [-0.05, 0) is 29.1 Å². The number of rotatable bonds is 6. The zero-order valence-electron chi connectivity index (χ0n) is 19.0. The van der Waals surface area contributed by atoms with Gasteiger partial charge in [-0.15, -0.1) is 11.5 Å². The van der Waals surface area contributed by atoms with Gasteiger partial charge < -0.3 is 4.74 Å². The van der Waals surface area contributed by atoms with E-state index in [0.29, 0.717) is 35.0 Å². The largest absolute Gasteiger partial charge is 0.353 e. The van der Waals surface area contributed by atoms with Gasteiger partial charge in [-0.25, -0.2) is 4.79 Å². The van der Waals surface area contributed by atoms with Crippen LogP contribution < -0.4 is 11.2 Å². The number of hydrogen-bond donors (Lipinski definition) is 1. The molecule has 164 valence electrons. The van der Waals surface area contributed by atoms with E-state index in [-0.39, 0.29) is 0 Å². The summed E-state index contributed by atoms with van der Waals surface area (Å²) in [5.41, 5.74) is 13.7. The first-order valence-electron chi connectivity index (χ1n) is 10.6. The average Bonchev–Trinajstić information content (AvgIpc) is 3.03. The molecule has 1 aromatic heterocycles. The molecule has 0 unspecified atom stereocenters. The fraction of sp³-hybridized carbons (Fsp3) is 0.714. The predicted molar refractivity (Wildman–Crippen MR) is 121 cm³/mol. The van der Waals surface area contributed by atoms with Crippen LogP contribution >= 0.6 is 0 Å². The molecule has 8 nitrogen and oxygen atoms in total. The Morgan fingerprint density at radius 1 is 1.27 bits per heavy atom. The number of ether oxygens (including phenoxy) is 1. The molecule has 0 aromatic carbocycles. The second-order valence-corrected chi connectivity index (χ2v) is 14.6. The zero-order chi connectivity index (χ0) is 22.6. The molecule has 0 radical (unpaired) electrons. The monoisotopic (exact) mass is 431 g/mol. The lowest BCUT2D eigenvalue weighted by atomic mass is 10.1. The van der Waals surface area contributed by atoms with Crippen LogP contribution in [0.5, 0.6) is 0 Å². The van der Waals surface area contributed by atoms with E-state index in [4.69, 9.17) is 10.3 Å². The van der Waals surface area contributed by atoms with Crippen molar-refractivity contribution in [3.8, 4) is 11.5 Å². The van der Waals surface area contributed by atoms with E-state index in [1.54, 1.807) is 6.92 Å². The number of nitrogens with zero attached hydrogens (tertiary/aromatic N) is 4. The number of aromatic amines is 1. The standard InChI is InChI=1S/C21H33N5O3Si/c1-13(2)30(14(3)4,15(5)6)10-8-9-18-17(24-25-22)11-19(29-18)26-12-16(7)20(27)23-21(26)28/h12-15,17-19H,9,11H2,1-7H3,(H,23,27,28)/t17-,18+,19+/m0/s1. The molecule has 0 aliphatic carbocycles. The summed E-state index contributed by atoms with van der Waals surface area (Å²) in [6, 6.07) is -0.415. The van der Waals surface area contributed by atoms with Crippen LogP contribution in [0.4, 0.5) is 0 Å². The van der Waals surface area contributed by atoms with Crippen molar-refractivity contribution in [2.45, 2.75) is 96.3 Å². The SMILES string of the molecule is Cc1cn([C@H]2C[C@H](N=[N+]=[N-])[C@@H](CC#C[Si](C(C)C)(C(C)C)C(C)C)O2)c(=O)[nH]c1=O. The number of aryl methyl sites for hydroxylation is 1. The molecule has 1 N–H and O–H groups in total. The van der Waals surface area contributed by atoms with Gasteiger partial charge in [-0.3, -0.25) is 14.3 Å². The molecule has 1 aromatic rings. The Hall–Kier alpha value is -2.27. The maximum Gasteiger partial charge on any atom is 0.330 e. The summed E-state index contributed by atoms with van der Waals surface area (Å²) in [6.45, 7) is 15.2. The van der Waals surface area contributed by atoms with Crippen LogP contribution in [0.15, 0.2) is 20.9 Å². The highest BCUT2D eigenvalue weighted by Crippen LogP contribution is 2.41. The van der Waals surface area contributed by atoms with Crippen molar-refractivity contribution in [1.29, 1.82) is 0 Å². The van der Waals surface area contributed by atoms with E-state index in [9.17, 15) is 9.59 Å². The second-order valence-electron chi connectivity index (χ2n) is 9.02. The Morgan fingerprint density at radius 3 is 2.40 bits per heavy atom. The molecular formula is C21H33N5O3Si. The van der Waals surface area contributed by atoms with E-state index >= 15 is 0 Å². The Bertz CT molecular complexity index is 957. The first-order valence-corrected chi connectivity index (χ1v) is 12.8. The summed E-state index contributed by atoms with van der Waals surface area (Å²) in [5.74, 6) is 3.37. The van der Waals surface area contributed by atoms with Gasteiger partial charge in [0, 0.05) is 29.5 Å². The van der Waals surface area contributed by atoms with Gasteiger partial charge in [0.15, 0.2) is 0 Å². The number of azide groups is 1. The number of aromatic nitrogens is 2. The van der Waals surface area contributed by atoms with Crippen molar-refractivity contribution in [3.63, 3.8) is 0 Å². The van der Waals surface area contributed by atoms with Gasteiger partial charge in [0.2, 0.25) is 0 Å². The van der Waals surface area contributed by atoms with Crippen LogP contribution in [0.2, 0.25) is 16.6 Å². The van der Waals surface area contributed by atoms with Crippen LogP contribution in [-0.4, -0.2) is 29.8 Å². The van der Waals surface area contributed by atoms with Gasteiger partial charge in [-0.2, -0.15) is 0 Å². The summed E-state index contributed by atoms with van der Waals surface area (Å²) in [4.78, 5) is 29.1. The predicted octanol–water partition coefficient (Wildman–Crippen LogP) is 4.42. The summed E-state index contributed by atoms with van der Waals surface area (Å²) in [7, 11) is -1.86. The Balaban J connectivity index is 2.31. The normalized spacial score (nSPS) is 21.6. The zero-order valence-corrected chi connectivity index (χ0v) is 20.0. The summed E-state index contributed by atoms with van der Waals surface area (Å²) < 4.78 is 7.43. The second kappa shape index (κ2) is 9.69. The molecule has 1 fully saturated rings. The topological polar surface area (TPSA) is 113 Å². The quantitative estimate of drug-likeness (QED) is 0.236. The van der Waals surface area contributed by atoms with Crippen molar-refractivity contribution in [2.75, 3.05) is 0 Å². The van der Waals surface area contributed by atoms with E-state index in [1.165, 1.54) is 10.8 Å². The lowest BCUT2D eigenvalue weighted by molar-refractivity contribution is -0.000237. The lowest BCUT2D eigenvalue weighted by Gasteiger charge is -2.38. The Labute approximate surface area is 178 Å². The van der Waals surface area contributed by atoms with Crippen LogP contribution in [-0.2, 0) is 4.74 Å². The highest BCUT2D eigenvalue weighted by molar-refractivity contribution is 6.90. The number of nitrogens with one attached hydrogen (secondary N) is 1. The minimum atomic E-state index is -1.86. The first kappa shape index (κ1) is 24.0. The molecule has 0 saturated carbocycles. The van der Waals surface area contributed by atoms with Crippen molar-refractivity contribution >= 4 is 8.07 Å². The van der Waals surface area contributed by atoms with E-state index < -0.39 is 37.7 Å². The molecule has 1 saturated heterocycles. The van der Waals surface area contributed by atoms with E-state index in [2.05, 4.69) is 68.0 Å².